The van der Waals surface area contributed by atoms with Crippen LogP contribution in [0.5, 0.6) is 0 Å². The molecule has 0 unspecified atom stereocenters. The van der Waals surface area contributed by atoms with Crippen LogP contribution in [0.1, 0.15) is 53.4 Å². The lowest BCUT2D eigenvalue weighted by Gasteiger charge is -2.38. The Morgan fingerprint density at radius 3 is 1.70 bits per heavy atom. The Morgan fingerprint density at radius 1 is 0.950 bits per heavy atom. The van der Waals surface area contributed by atoms with Crippen molar-refractivity contribution in [2.24, 2.45) is 0 Å². The Bertz CT molecular complexity index is 355. The molecule has 0 aromatic carbocycles. The first kappa shape index (κ1) is 16.8. The Hall–Kier alpha value is -1.26. The van der Waals surface area contributed by atoms with Crippen molar-refractivity contribution in [3.63, 3.8) is 0 Å². The molecule has 0 saturated heterocycles. The van der Waals surface area contributed by atoms with E-state index in [-0.39, 0.29) is 18.0 Å². The first-order valence-electron chi connectivity index (χ1n) is 7.31. The Labute approximate surface area is 122 Å². The highest BCUT2D eigenvalue weighted by atomic mass is 16.6. The van der Waals surface area contributed by atoms with Gasteiger partial charge >= 0.3 is 6.09 Å². The first-order valence-corrected chi connectivity index (χ1v) is 7.31. The molecule has 0 aliphatic heterocycles. The maximum Gasteiger partial charge on any atom is 0.410 e. The highest BCUT2D eigenvalue weighted by molar-refractivity contribution is 5.73. The van der Waals surface area contributed by atoms with Gasteiger partial charge in [-0.2, -0.15) is 0 Å². The number of amides is 2. The average Bonchev–Trinajstić information content (AvgIpc) is 2.35. The molecular formula is C15H28N2O3. The largest absolute Gasteiger partial charge is 0.444 e. The summed E-state index contributed by atoms with van der Waals surface area (Å²) in [7, 11) is 3.65. The normalized spacial score (nSPS) is 23.1. The number of nitrogens with zero attached hydrogens (tertiary/aromatic N) is 2. The molecule has 1 aliphatic rings. The van der Waals surface area contributed by atoms with E-state index in [0.29, 0.717) is 6.04 Å². The molecular weight excluding hydrogens is 256 g/mol. The van der Waals surface area contributed by atoms with Crippen LogP contribution in [0.15, 0.2) is 0 Å². The molecule has 116 valence electrons. The fraction of sp³-hybridized carbons (Fsp3) is 0.867. The minimum atomic E-state index is -0.461. The van der Waals surface area contributed by atoms with E-state index in [1.807, 2.05) is 32.7 Å². The summed E-state index contributed by atoms with van der Waals surface area (Å²) in [6, 6.07) is 0.511. The van der Waals surface area contributed by atoms with Crippen molar-refractivity contribution >= 4 is 12.0 Å². The topological polar surface area (TPSA) is 49.9 Å². The molecule has 2 amide bonds. The van der Waals surface area contributed by atoms with E-state index in [1.54, 1.807) is 18.9 Å². The van der Waals surface area contributed by atoms with Gasteiger partial charge in [0.1, 0.15) is 5.60 Å². The molecule has 0 aromatic heterocycles. The van der Waals surface area contributed by atoms with E-state index in [4.69, 9.17) is 4.74 Å². The first-order chi connectivity index (χ1) is 9.11. The van der Waals surface area contributed by atoms with Crippen LogP contribution in [-0.2, 0) is 9.53 Å². The molecule has 0 spiro atoms. The molecule has 20 heavy (non-hydrogen) atoms. The molecule has 1 fully saturated rings. The molecule has 0 heterocycles. The zero-order valence-corrected chi connectivity index (χ0v) is 13.6. The van der Waals surface area contributed by atoms with E-state index in [2.05, 4.69) is 0 Å². The SMILES string of the molecule is CC(=O)N(C)C1CCC(N(C)C(=O)OC(C)(C)C)CC1. The van der Waals surface area contributed by atoms with Crippen molar-refractivity contribution < 1.29 is 14.3 Å². The summed E-state index contributed by atoms with van der Waals surface area (Å²) in [5, 5.41) is 0. The van der Waals surface area contributed by atoms with E-state index in [0.717, 1.165) is 25.7 Å². The summed E-state index contributed by atoms with van der Waals surface area (Å²) in [6.07, 6.45) is 3.44. The molecule has 0 radical (unpaired) electrons. The second kappa shape index (κ2) is 6.46. The smallest absolute Gasteiger partial charge is 0.410 e. The second-order valence-electron chi connectivity index (χ2n) is 6.68. The fourth-order valence-corrected chi connectivity index (χ4v) is 2.57. The lowest BCUT2D eigenvalue weighted by atomic mass is 9.89. The summed E-state index contributed by atoms with van der Waals surface area (Å²) in [6.45, 7) is 7.21. The summed E-state index contributed by atoms with van der Waals surface area (Å²) in [5.74, 6) is 0.106. The summed E-state index contributed by atoms with van der Waals surface area (Å²) in [5.41, 5.74) is -0.461. The maximum absolute atomic E-state index is 12.0. The van der Waals surface area contributed by atoms with Gasteiger partial charge in [-0.05, 0) is 46.5 Å². The third-order valence-corrected chi connectivity index (χ3v) is 3.94. The Balaban J connectivity index is 2.49. The Morgan fingerprint density at radius 2 is 1.35 bits per heavy atom. The van der Waals surface area contributed by atoms with Gasteiger partial charge in [0.05, 0.1) is 0 Å². The highest BCUT2D eigenvalue weighted by Crippen LogP contribution is 2.26. The second-order valence-corrected chi connectivity index (χ2v) is 6.68. The molecule has 5 heteroatoms. The molecule has 0 N–H and O–H groups in total. The number of hydrogen-bond donors (Lipinski definition) is 0. The van der Waals surface area contributed by atoms with Gasteiger partial charge in [-0.15, -0.1) is 0 Å². The fourth-order valence-electron chi connectivity index (χ4n) is 2.57. The lowest BCUT2D eigenvalue weighted by Crippen LogP contribution is -2.46. The van der Waals surface area contributed by atoms with Crippen LogP contribution < -0.4 is 0 Å². The van der Waals surface area contributed by atoms with E-state index in [1.165, 1.54) is 0 Å². The van der Waals surface area contributed by atoms with Crippen molar-refractivity contribution in [3.05, 3.63) is 0 Å². The van der Waals surface area contributed by atoms with Crippen molar-refractivity contribution in [1.82, 2.24) is 9.80 Å². The minimum Gasteiger partial charge on any atom is -0.444 e. The van der Waals surface area contributed by atoms with Crippen molar-refractivity contribution in [2.75, 3.05) is 14.1 Å². The molecule has 0 bridgehead atoms. The van der Waals surface area contributed by atoms with Gasteiger partial charge in [0.15, 0.2) is 0 Å². The summed E-state index contributed by atoms with van der Waals surface area (Å²) in [4.78, 5) is 26.9. The number of carbonyl (C=O) groups excluding carboxylic acids is 2. The van der Waals surface area contributed by atoms with Crippen LogP contribution in [0.25, 0.3) is 0 Å². The van der Waals surface area contributed by atoms with Gasteiger partial charge in [-0.25, -0.2) is 4.79 Å². The molecule has 1 rings (SSSR count). The van der Waals surface area contributed by atoms with Gasteiger partial charge < -0.3 is 14.5 Å². The van der Waals surface area contributed by atoms with Gasteiger partial charge in [0.25, 0.3) is 0 Å². The Kier molecular flexibility index (Phi) is 5.42. The lowest BCUT2D eigenvalue weighted by molar-refractivity contribution is -0.130. The third-order valence-electron chi connectivity index (χ3n) is 3.94. The maximum atomic E-state index is 12.0. The zero-order valence-electron chi connectivity index (χ0n) is 13.6. The van der Waals surface area contributed by atoms with Gasteiger partial charge in [-0.3, -0.25) is 4.79 Å². The third kappa shape index (κ3) is 4.69. The van der Waals surface area contributed by atoms with E-state index < -0.39 is 5.60 Å². The van der Waals surface area contributed by atoms with Gasteiger partial charge in [-0.1, -0.05) is 0 Å². The van der Waals surface area contributed by atoms with Crippen LogP contribution >= 0.6 is 0 Å². The molecule has 5 nitrogen and oxygen atoms in total. The van der Waals surface area contributed by atoms with Crippen molar-refractivity contribution in [3.8, 4) is 0 Å². The molecule has 1 aliphatic carbocycles. The van der Waals surface area contributed by atoms with E-state index in [9.17, 15) is 9.59 Å². The van der Waals surface area contributed by atoms with Crippen LogP contribution in [0, 0.1) is 0 Å². The average molecular weight is 284 g/mol. The van der Waals surface area contributed by atoms with Crippen molar-refractivity contribution in [1.29, 1.82) is 0 Å². The van der Waals surface area contributed by atoms with Crippen LogP contribution in [0.3, 0.4) is 0 Å². The van der Waals surface area contributed by atoms with Crippen LogP contribution in [-0.4, -0.2) is 53.6 Å². The predicted octanol–water partition coefficient (Wildman–Crippen LogP) is 2.64. The quantitative estimate of drug-likeness (QED) is 0.783. The summed E-state index contributed by atoms with van der Waals surface area (Å²) >= 11 is 0. The predicted molar refractivity (Wildman–Crippen MR) is 78.5 cm³/mol. The number of hydrogen-bond acceptors (Lipinski definition) is 3. The van der Waals surface area contributed by atoms with Crippen LogP contribution in [0.4, 0.5) is 4.79 Å². The molecule has 0 atom stereocenters. The monoisotopic (exact) mass is 284 g/mol. The van der Waals surface area contributed by atoms with Crippen molar-refractivity contribution in [2.45, 2.75) is 71.1 Å². The molecule has 0 aromatic rings. The van der Waals surface area contributed by atoms with Gasteiger partial charge in [0.2, 0.25) is 5.91 Å². The standard InChI is InChI=1S/C15H28N2O3/c1-11(18)16(5)12-7-9-13(10-8-12)17(6)14(19)20-15(2,3)4/h12-13H,7-10H2,1-6H3. The zero-order chi connectivity index (χ0) is 15.5. The number of carbonyl (C=O) groups is 2. The van der Waals surface area contributed by atoms with Gasteiger partial charge in [0, 0.05) is 33.1 Å². The molecule has 1 saturated carbocycles. The van der Waals surface area contributed by atoms with Crippen LogP contribution in [0.2, 0.25) is 0 Å². The minimum absolute atomic E-state index is 0.106. The summed E-state index contributed by atoms with van der Waals surface area (Å²) < 4.78 is 5.39. The van der Waals surface area contributed by atoms with E-state index >= 15 is 0 Å². The number of ether oxygens (including phenoxy) is 1. The number of rotatable bonds is 2. The highest BCUT2D eigenvalue weighted by Gasteiger charge is 2.31.